The molecular weight excluding hydrogens is 316 g/mol. The second kappa shape index (κ2) is 6.47. The second-order valence-electron chi connectivity index (χ2n) is 5.70. The first kappa shape index (κ1) is 14.9. The highest BCUT2D eigenvalue weighted by Gasteiger charge is 2.20. The van der Waals surface area contributed by atoms with E-state index in [1.54, 1.807) is 0 Å². The fraction of sp³-hybridized carbons (Fsp3) is 0.500. The number of aromatic nitrogens is 2. The molecule has 0 spiro atoms. The molecule has 2 aromatic heterocycles. The van der Waals surface area contributed by atoms with Crippen molar-refractivity contribution in [3.05, 3.63) is 23.4 Å². The van der Waals surface area contributed by atoms with Gasteiger partial charge in [-0.15, -0.1) is 0 Å². The van der Waals surface area contributed by atoms with Crippen LogP contribution in [-0.4, -0.2) is 62.6 Å². The number of nitrogens with zero attached hydrogens (tertiary/aromatic N) is 4. The summed E-state index contributed by atoms with van der Waals surface area (Å²) < 4.78 is 10.9. The maximum atomic E-state index is 6.08. The Balaban J connectivity index is 1.80. The van der Waals surface area contributed by atoms with Gasteiger partial charge in [0.2, 0.25) is 0 Å². The van der Waals surface area contributed by atoms with Crippen molar-refractivity contribution in [3.8, 4) is 0 Å². The van der Waals surface area contributed by atoms with E-state index in [-0.39, 0.29) is 0 Å². The molecule has 4 heterocycles. The third-order valence-corrected chi connectivity index (χ3v) is 4.50. The Kier molecular flexibility index (Phi) is 4.20. The van der Waals surface area contributed by atoms with Crippen LogP contribution < -0.4 is 9.80 Å². The van der Waals surface area contributed by atoms with Gasteiger partial charge in [-0.1, -0.05) is 11.6 Å². The summed E-state index contributed by atoms with van der Waals surface area (Å²) >= 11 is 6.08. The van der Waals surface area contributed by atoms with E-state index in [1.165, 1.54) is 0 Å². The van der Waals surface area contributed by atoms with Crippen molar-refractivity contribution < 1.29 is 9.47 Å². The van der Waals surface area contributed by atoms with Gasteiger partial charge in [0.25, 0.3) is 0 Å². The van der Waals surface area contributed by atoms with Gasteiger partial charge in [0.15, 0.2) is 5.65 Å². The first-order valence-electron chi connectivity index (χ1n) is 7.94. The van der Waals surface area contributed by atoms with Gasteiger partial charge >= 0.3 is 0 Å². The number of pyridine rings is 2. The van der Waals surface area contributed by atoms with E-state index in [0.29, 0.717) is 10.8 Å². The number of anilines is 2. The van der Waals surface area contributed by atoms with Crippen molar-refractivity contribution in [2.24, 2.45) is 0 Å². The Morgan fingerprint density at radius 3 is 2.22 bits per heavy atom. The topological polar surface area (TPSA) is 50.7 Å². The van der Waals surface area contributed by atoms with Crippen LogP contribution in [0.5, 0.6) is 0 Å². The van der Waals surface area contributed by atoms with Crippen LogP contribution in [-0.2, 0) is 9.47 Å². The standard InChI is InChI=1S/C16H19ClN4O2/c17-14-2-1-12-13(20-3-7-22-8-4-20)11-15(19-16(12)18-14)21-5-9-23-10-6-21/h1-2,11H,3-10H2. The van der Waals surface area contributed by atoms with Crippen molar-refractivity contribution in [2.45, 2.75) is 0 Å². The Bertz CT molecular complexity index is 700. The molecule has 2 aliphatic heterocycles. The molecule has 0 amide bonds. The Hall–Kier alpha value is -1.63. The third kappa shape index (κ3) is 3.06. The molecule has 2 aromatic rings. The van der Waals surface area contributed by atoms with Gasteiger partial charge in [0, 0.05) is 37.6 Å². The molecule has 122 valence electrons. The highest BCUT2D eigenvalue weighted by molar-refractivity contribution is 6.29. The molecule has 2 fully saturated rings. The zero-order valence-electron chi connectivity index (χ0n) is 12.9. The lowest BCUT2D eigenvalue weighted by Gasteiger charge is -2.32. The third-order valence-electron chi connectivity index (χ3n) is 4.29. The molecule has 0 aromatic carbocycles. The van der Waals surface area contributed by atoms with E-state index in [1.807, 2.05) is 12.1 Å². The maximum Gasteiger partial charge on any atom is 0.165 e. The first-order valence-corrected chi connectivity index (χ1v) is 8.32. The summed E-state index contributed by atoms with van der Waals surface area (Å²) in [4.78, 5) is 13.7. The summed E-state index contributed by atoms with van der Waals surface area (Å²) in [7, 11) is 0. The van der Waals surface area contributed by atoms with Gasteiger partial charge in [0.1, 0.15) is 11.0 Å². The minimum absolute atomic E-state index is 0.469. The molecule has 6 nitrogen and oxygen atoms in total. The number of ether oxygens (including phenoxy) is 2. The summed E-state index contributed by atoms with van der Waals surface area (Å²) in [6.45, 7) is 6.42. The smallest absolute Gasteiger partial charge is 0.165 e. The van der Waals surface area contributed by atoms with Crippen LogP contribution in [0.2, 0.25) is 5.15 Å². The Morgan fingerprint density at radius 1 is 0.870 bits per heavy atom. The molecular formula is C16H19ClN4O2. The highest BCUT2D eigenvalue weighted by atomic mass is 35.5. The van der Waals surface area contributed by atoms with Gasteiger partial charge in [-0.05, 0) is 12.1 Å². The number of hydrogen-bond donors (Lipinski definition) is 0. The summed E-state index contributed by atoms with van der Waals surface area (Å²) in [5, 5.41) is 1.50. The highest BCUT2D eigenvalue weighted by Crippen LogP contribution is 2.31. The number of fused-ring (bicyclic) bond motifs is 1. The predicted octanol–water partition coefficient (Wildman–Crippen LogP) is 1.96. The molecule has 0 saturated carbocycles. The van der Waals surface area contributed by atoms with E-state index < -0.39 is 0 Å². The average molecular weight is 335 g/mol. The van der Waals surface area contributed by atoms with Gasteiger partial charge in [0.05, 0.1) is 32.1 Å². The van der Waals surface area contributed by atoms with Crippen LogP contribution in [0.15, 0.2) is 18.2 Å². The molecule has 7 heteroatoms. The molecule has 2 aliphatic rings. The van der Waals surface area contributed by atoms with E-state index in [9.17, 15) is 0 Å². The molecule has 0 N–H and O–H groups in total. The van der Waals surface area contributed by atoms with E-state index in [4.69, 9.17) is 26.1 Å². The van der Waals surface area contributed by atoms with Crippen molar-refractivity contribution in [1.82, 2.24) is 9.97 Å². The molecule has 0 bridgehead atoms. The van der Waals surface area contributed by atoms with E-state index >= 15 is 0 Å². The quantitative estimate of drug-likeness (QED) is 0.783. The number of morpholine rings is 2. The minimum atomic E-state index is 0.469. The second-order valence-corrected chi connectivity index (χ2v) is 6.09. The molecule has 0 aliphatic carbocycles. The number of rotatable bonds is 2. The van der Waals surface area contributed by atoms with Crippen molar-refractivity contribution in [1.29, 1.82) is 0 Å². The lowest BCUT2D eigenvalue weighted by Crippen LogP contribution is -2.38. The largest absolute Gasteiger partial charge is 0.378 e. The molecule has 0 atom stereocenters. The number of halogens is 1. The first-order chi connectivity index (χ1) is 11.3. The zero-order chi connectivity index (χ0) is 15.6. The molecule has 0 radical (unpaired) electrons. The van der Waals surface area contributed by atoms with Crippen molar-refractivity contribution in [3.63, 3.8) is 0 Å². The summed E-state index contributed by atoms with van der Waals surface area (Å²) in [5.74, 6) is 0.942. The van der Waals surface area contributed by atoms with E-state index in [2.05, 4.69) is 20.9 Å². The molecule has 2 saturated heterocycles. The monoisotopic (exact) mass is 334 g/mol. The zero-order valence-corrected chi connectivity index (χ0v) is 13.6. The fourth-order valence-corrected chi connectivity index (χ4v) is 3.21. The minimum Gasteiger partial charge on any atom is -0.378 e. The number of hydrogen-bond acceptors (Lipinski definition) is 6. The van der Waals surface area contributed by atoms with Crippen molar-refractivity contribution in [2.75, 3.05) is 62.4 Å². The van der Waals surface area contributed by atoms with E-state index in [0.717, 1.165) is 69.5 Å². The maximum absolute atomic E-state index is 6.08. The summed E-state index contributed by atoms with van der Waals surface area (Å²) in [6, 6.07) is 5.99. The Morgan fingerprint density at radius 2 is 1.52 bits per heavy atom. The van der Waals surface area contributed by atoms with Crippen LogP contribution >= 0.6 is 11.6 Å². The van der Waals surface area contributed by atoms with Crippen LogP contribution in [0, 0.1) is 0 Å². The van der Waals surface area contributed by atoms with Crippen LogP contribution in [0.25, 0.3) is 11.0 Å². The van der Waals surface area contributed by atoms with Crippen LogP contribution in [0.3, 0.4) is 0 Å². The average Bonchev–Trinajstić information content (AvgIpc) is 2.62. The van der Waals surface area contributed by atoms with Gasteiger partial charge in [-0.3, -0.25) is 0 Å². The molecule has 0 unspecified atom stereocenters. The predicted molar refractivity (Wildman–Crippen MR) is 90.6 cm³/mol. The summed E-state index contributed by atoms with van der Waals surface area (Å²) in [5.41, 5.74) is 1.85. The van der Waals surface area contributed by atoms with Gasteiger partial charge in [-0.2, -0.15) is 0 Å². The molecule has 23 heavy (non-hydrogen) atoms. The molecule has 4 rings (SSSR count). The Labute approximate surface area is 140 Å². The lowest BCUT2D eigenvalue weighted by atomic mass is 10.2. The fourth-order valence-electron chi connectivity index (χ4n) is 3.07. The van der Waals surface area contributed by atoms with Crippen molar-refractivity contribution >= 4 is 34.1 Å². The van der Waals surface area contributed by atoms with Crippen LogP contribution in [0.1, 0.15) is 0 Å². The van der Waals surface area contributed by atoms with Gasteiger partial charge < -0.3 is 19.3 Å². The SMILES string of the molecule is Clc1ccc2c(N3CCOCC3)cc(N3CCOCC3)nc2n1. The lowest BCUT2D eigenvalue weighted by molar-refractivity contribution is 0.122. The van der Waals surface area contributed by atoms with Crippen LogP contribution in [0.4, 0.5) is 11.5 Å². The normalized spacial score (nSPS) is 19.3. The van der Waals surface area contributed by atoms with Gasteiger partial charge in [-0.25, -0.2) is 9.97 Å². The summed E-state index contributed by atoms with van der Waals surface area (Å²) in [6.07, 6.45) is 0.